The fourth-order valence-electron chi connectivity index (χ4n) is 3.41. The van der Waals surface area contributed by atoms with E-state index in [4.69, 9.17) is 4.74 Å². The van der Waals surface area contributed by atoms with Gasteiger partial charge < -0.3 is 9.64 Å². The number of thiazole rings is 1. The predicted molar refractivity (Wildman–Crippen MR) is 104 cm³/mol. The largest absolute Gasteiger partial charge is 0.497 e. The van der Waals surface area contributed by atoms with Gasteiger partial charge in [-0.2, -0.15) is 0 Å². The van der Waals surface area contributed by atoms with Crippen LogP contribution in [0.5, 0.6) is 5.75 Å². The molecule has 1 amide bonds. The van der Waals surface area contributed by atoms with Crippen LogP contribution in [-0.4, -0.2) is 29.4 Å². The molecule has 1 atom stereocenters. The highest BCUT2D eigenvalue weighted by Crippen LogP contribution is 2.34. The van der Waals surface area contributed by atoms with Gasteiger partial charge >= 0.3 is 0 Å². The van der Waals surface area contributed by atoms with E-state index in [-0.39, 0.29) is 11.9 Å². The normalized spacial score (nSPS) is 16.7. The highest BCUT2D eigenvalue weighted by atomic mass is 32.1. The number of likely N-dealkylation sites (tertiary alicyclic amines) is 1. The average Bonchev–Trinajstić information content (AvgIpc) is 3.38. The monoisotopic (exact) mass is 364 g/mol. The molecule has 1 saturated heterocycles. The first-order valence-corrected chi connectivity index (χ1v) is 9.60. The molecular formula is C21H20N2O2S. The van der Waals surface area contributed by atoms with E-state index in [0.717, 1.165) is 41.3 Å². The van der Waals surface area contributed by atoms with Gasteiger partial charge in [-0.25, -0.2) is 4.98 Å². The Labute approximate surface area is 157 Å². The molecule has 0 radical (unpaired) electrons. The topological polar surface area (TPSA) is 42.4 Å². The Morgan fingerprint density at radius 3 is 2.65 bits per heavy atom. The van der Waals surface area contributed by atoms with E-state index >= 15 is 0 Å². The summed E-state index contributed by atoms with van der Waals surface area (Å²) in [6.07, 6.45) is 1.99. The molecule has 1 aliphatic heterocycles. The van der Waals surface area contributed by atoms with Crippen LogP contribution in [0.15, 0.2) is 60.0 Å². The van der Waals surface area contributed by atoms with Gasteiger partial charge in [-0.15, -0.1) is 11.3 Å². The van der Waals surface area contributed by atoms with E-state index in [2.05, 4.69) is 4.98 Å². The molecule has 1 aliphatic rings. The summed E-state index contributed by atoms with van der Waals surface area (Å²) in [7, 11) is 1.66. The minimum Gasteiger partial charge on any atom is -0.497 e. The number of methoxy groups -OCH3 is 1. The number of aromatic nitrogens is 1. The molecule has 1 aromatic heterocycles. The Balaban J connectivity index is 1.56. The highest BCUT2D eigenvalue weighted by Gasteiger charge is 2.31. The van der Waals surface area contributed by atoms with Crippen molar-refractivity contribution in [2.24, 2.45) is 0 Å². The number of benzene rings is 2. The summed E-state index contributed by atoms with van der Waals surface area (Å²) < 4.78 is 5.23. The third-order valence-corrected chi connectivity index (χ3v) is 5.65. The molecule has 0 N–H and O–H groups in total. The molecule has 0 bridgehead atoms. The van der Waals surface area contributed by atoms with Crippen LogP contribution in [0.25, 0.3) is 10.6 Å². The Hall–Kier alpha value is -2.66. The summed E-state index contributed by atoms with van der Waals surface area (Å²) >= 11 is 1.52. The summed E-state index contributed by atoms with van der Waals surface area (Å²) in [5.74, 6) is 0.846. The van der Waals surface area contributed by atoms with Crippen molar-refractivity contribution in [2.75, 3.05) is 13.7 Å². The molecule has 2 heterocycles. The molecule has 132 valence electrons. The van der Waals surface area contributed by atoms with Gasteiger partial charge in [0, 0.05) is 17.5 Å². The van der Waals surface area contributed by atoms with Gasteiger partial charge in [0.05, 0.1) is 13.2 Å². The molecule has 5 heteroatoms. The Bertz CT molecular complexity index is 890. The third kappa shape index (κ3) is 3.22. The summed E-state index contributed by atoms with van der Waals surface area (Å²) in [4.78, 5) is 19.6. The lowest BCUT2D eigenvalue weighted by Gasteiger charge is -2.24. The fraction of sp³-hybridized carbons (Fsp3) is 0.238. The maximum absolute atomic E-state index is 13.0. The lowest BCUT2D eigenvalue weighted by molar-refractivity contribution is 0.0730. The van der Waals surface area contributed by atoms with Gasteiger partial charge in [-0.3, -0.25) is 4.79 Å². The second kappa shape index (κ2) is 7.30. The summed E-state index contributed by atoms with van der Waals surface area (Å²) in [5, 5.41) is 2.75. The van der Waals surface area contributed by atoms with Crippen molar-refractivity contribution in [3.8, 4) is 16.3 Å². The standard InChI is InChI=1S/C21H20N2O2S/c1-25-17-11-9-15(10-12-17)19-8-5-13-23(19)21(24)18-14-26-20(22-18)16-6-3-2-4-7-16/h2-4,6-7,9-12,14,19H,5,8,13H2,1H3/t19-/m0/s1. The van der Waals surface area contributed by atoms with E-state index in [1.165, 1.54) is 11.3 Å². The Kier molecular flexibility index (Phi) is 4.71. The van der Waals surface area contributed by atoms with Crippen LogP contribution in [0, 0.1) is 0 Å². The van der Waals surface area contributed by atoms with Crippen molar-refractivity contribution in [3.63, 3.8) is 0 Å². The summed E-state index contributed by atoms with van der Waals surface area (Å²) in [5.41, 5.74) is 2.73. The summed E-state index contributed by atoms with van der Waals surface area (Å²) in [6, 6.07) is 18.1. The van der Waals surface area contributed by atoms with Gasteiger partial charge in [-0.1, -0.05) is 42.5 Å². The number of rotatable bonds is 4. The lowest BCUT2D eigenvalue weighted by atomic mass is 10.0. The zero-order valence-corrected chi connectivity index (χ0v) is 15.4. The van der Waals surface area contributed by atoms with E-state index in [1.807, 2.05) is 64.9 Å². The third-order valence-electron chi connectivity index (χ3n) is 4.76. The first kappa shape index (κ1) is 16.8. The van der Waals surface area contributed by atoms with Crippen LogP contribution >= 0.6 is 11.3 Å². The van der Waals surface area contributed by atoms with Gasteiger partial charge in [0.15, 0.2) is 0 Å². The van der Waals surface area contributed by atoms with Crippen LogP contribution in [0.1, 0.15) is 34.9 Å². The smallest absolute Gasteiger partial charge is 0.273 e. The van der Waals surface area contributed by atoms with Crippen LogP contribution in [0.2, 0.25) is 0 Å². The molecule has 4 nitrogen and oxygen atoms in total. The number of hydrogen-bond acceptors (Lipinski definition) is 4. The summed E-state index contributed by atoms with van der Waals surface area (Å²) in [6.45, 7) is 0.772. The molecule has 1 fully saturated rings. The number of nitrogens with zero attached hydrogens (tertiary/aromatic N) is 2. The van der Waals surface area contributed by atoms with E-state index in [0.29, 0.717) is 5.69 Å². The molecule has 2 aromatic carbocycles. The fourth-order valence-corrected chi connectivity index (χ4v) is 4.21. The van der Waals surface area contributed by atoms with Crippen LogP contribution in [0.4, 0.5) is 0 Å². The van der Waals surface area contributed by atoms with Gasteiger partial charge in [0.25, 0.3) is 5.91 Å². The molecule has 0 unspecified atom stereocenters. The molecule has 0 saturated carbocycles. The minimum absolute atomic E-state index is 0.0155. The predicted octanol–water partition coefficient (Wildman–Crippen LogP) is 4.80. The van der Waals surface area contributed by atoms with Gasteiger partial charge in [-0.05, 0) is 30.5 Å². The van der Waals surface area contributed by atoms with Gasteiger partial charge in [0.1, 0.15) is 16.5 Å². The zero-order valence-electron chi connectivity index (χ0n) is 14.6. The number of carbonyl (C=O) groups is 1. The first-order valence-electron chi connectivity index (χ1n) is 8.72. The van der Waals surface area contributed by atoms with Crippen LogP contribution in [0.3, 0.4) is 0 Å². The van der Waals surface area contributed by atoms with Crippen molar-refractivity contribution in [2.45, 2.75) is 18.9 Å². The first-order chi connectivity index (χ1) is 12.8. The molecular weight excluding hydrogens is 344 g/mol. The highest BCUT2D eigenvalue weighted by molar-refractivity contribution is 7.13. The Morgan fingerprint density at radius 1 is 1.15 bits per heavy atom. The van der Waals surface area contributed by atoms with E-state index < -0.39 is 0 Å². The number of carbonyl (C=O) groups excluding carboxylic acids is 1. The van der Waals surface area contributed by atoms with Crippen molar-refractivity contribution in [1.29, 1.82) is 0 Å². The molecule has 3 aromatic rings. The van der Waals surface area contributed by atoms with E-state index in [1.54, 1.807) is 7.11 Å². The number of ether oxygens (including phenoxy) is 1. The zero-order chi connectivity index (χ0) is 17.9. The molecule has 4 rings (SSSR count). The Morgan fingerprint density at radius 2 is 1.92 bits per heavy atom. The van der Waals surface area contributed by atoms with E-state index in [9.17, 15) is 4.79 Å². The van der Waals surface area contributed by atoms with Crippen LogP contribution < -0.4 is 4.74 Å². The maximum Gasteiger partial charge on any atom is 0.273 e. The van der Waals surface area contributed by atoms with Crippen molar-refractivity contribution in [3.05, 3.63) is 71.2 Å². The number of hydrogen-bond donors (Lipinski definition) is 0. The minimum atomic E-state index is 0.0155. The van der Waals surface area contributed by atoms with Crippen molar-refractivity contribution < 1.29 is 9.53 Å². The molecule has 26 heavy (non-hydrogen) atoms. The van der Waals surface area contributed by atoms with Crippen molar-refractivity contribution in [1.82, 2.24) is 9.88 Å². The van der Waals surface area contributed by atoms with Gasteiger partial charge in [0.2, 0.25) is 0 Å². The lowest BCUT2D eigenvalue weighted by Crippen LogP contribution is -2.30. The second-order valence-corrected chi connectivity index (χ2v) is 7.19. The average molecular weight is 364 g/mol. The quantitative estimate of drug-likeness (QED) is 0.668. The van der Waals surface area contributed by atoms with Crippen molar-refractivity contribution >= 4 is 17.2 Å². The maximum atomic E-state index is 13.0. The second-order valence-electron chi connectivity index (χ2n) is 6.33. The number of amides is 1. The SMILES string of the molecule is COc1ccc([C@@H]2CCCN2C(=O)c2csc(-c3ccccc3)n2)cc1. The molecule has 0 spiro atoms. The van der Waals surface area contributed by atoms with Crippen LogP contribution in [-0.2, 0) is 0 Å². The molecule has 0 aliphatic carbocycles.